The summed E-state index contributed by atoms with van der Waals surface area (Å²) in [6, 6.07) is 6.84. The first-order valence-corrected chi connectivity index (χ1v) is 10.9. The first kappa shape index (κ1) is 20.3. The minimum absolute atomic E-state index is 0.257. The van der Waals surface area contributed by atoms with Crippen LogP contribution < -0.4 is 15.0 Å². The zero-order valence-corrected chi connectivity index (χ0v) is 17.3. The largest absolute Gasteiger partial charge is 0.471 e. The predicted molar refractivity (Wildman–Crippen MR) is 106 cm³/mol. The smallest absolute Gasteiger partial charge is 0.266 e. The van der Waals surface area contributed by atoms with E-state index in [1.54, 1.807) is 23.2 Å². The lowest BCUT2D eigenvalue weighted by Crippen LogP contribution is -2.54. The van der Waals surface area contributed by atoms with Gasteiger partial charge in [-0.3, -0.25) is 4.55 Å². The highest BCUT2D eigenvalue weighted by Gasteiger charge is 2.28. The van der Waals surface area contributed by atoms with Gasteiger partial charge in [-0.1, -0.05) is 23.7 Å². The number of nitrogens with zero attached hydrogens (tertiary/aromatic N) is 3. The van der Waals surface area contributed by atoms with Gasteiger partial charge in [0.2, 0.25) is 5.88 Å². The van der Waals surface area contributed by atoms with Crippen molar-refractivity contribution in [2.24, 2.45) is 0 Å². The van der Waals surface area contributed by atoms with Gasteiger partial charge in [0.15, 0.2) is 10.4 Å². The SMILES string of the molecule is O=S(=O)(O)CC1CNCCN1c1cnc(Br)c(OCc2cccc(Cl)c2)n1. The summed E-state index contributed by atoms with van der Waals surface area (Å²) in [7, 11) is -4.12. The maximum atomic E-state index is 11.3. The lowest BCUT2D eigenvalue weighted by Gasteiger charge is -2.36. The third-order valence-electron chi connectivity index (χ3n) is 4.00. The Morgan fingerprint density at radius 1 is 1.44 bits per heavy atom. The van der Waals surface area contributed by atoms with E-state index < -0.39 is 21.9 Å². The molecule has 0 spiro atoms. The Balaban J connectivity index is 1.78. The second-order valence-electron chi connectivity index (χ2n) is 6.04. The molecule has 1 atom stereocenters. The monoisotopic (exact) mass is 476 g/mol. The van der Waals surface area contributed by atoms with Crippen LogP contribution in [0.5, 0.6) is 5.88 Å². The molecule has 1 saturated heterocycles. The maximum Gasteiger partial charge on any atom is 0.266 e. The van der Waals surface area contributed by atoms with E-state index in [-0.39, 0.29) is 12.5 Å². The van der Waals surface area contributed by atoms with Crippen molar-refractivity contribution in [1.82, 2.24) is 15.3 Å². The van der Waals surface area contributed by atoms with Crippen LogP contribution in [0.25, 0.3) is 0 Å². The summed E-state index contributed by atoms with van der Waals surface area (Å²) in [5, 5.41) is 3.73. The van der Waals surface area contributed by atoms with Crippen LogP contribution in [0.15, 0.2) is 35.1 Å². The number of ether oxygens (including phenoxy) is 1. The normalized spacial score (nSPS) is 17.7. The van der Waals surface area contributed by atoms with Gasteiger partial charge in [-0.2, -0.15) is 13.4 Å². The number of hydrogen-bond acceptors (Lipinski definition) is 7. The molecule has 1 fully saturated rings. The van der Waals surface area contributed by atoms with Crippen molar-refractivity contribution in [2.75, 3.05) is 30.3 Å². The molecule has 1 aliphatic heterocycles. The highest BCUT2D eigenvalue weighted by molar-refractivity contribution is 9.10. The molecule has 146 valence electrons. The number of hydrogen-bond donors (Lipinski definition) is 2. The lowest BCUT2D eigenvalue weighted by molar-refractivity contribution is 0.290. The molecule has 1 aliphatic rings. The van der Waals surface area contributed by atoms with Gasteiger partial charge in [0, 0.05) is 24.7 Å². The summed E-state index contributed by atoms with van der Waals surface area (Å²) in [5.74, 6) is 0.377. The highest BCUT2D eigenvalue weighted by atomic mass is 79.9. The molecule has 0 amide bonds. The number of benzene rings is 1. The molecule has 27 heavy (non-hydrogen) atoms. The van der Waals surface area contributed by atoms with Gasteiger partial charge < -0.3 is 15.0 Å². The van der Waals surface area contributed by atoms with Gasteiger partial charge in [0.05, 0.1) is 18.0 Å². The average Bonchev–Trinajstić information content (AvgIpc) is 2.60. The summed E-state index contributed by atoms with van der Waals surface area (Å²) in [6.45, 7) is 1.87. The first-order valence-electron chi connectivity index (χ1n) is 8.14. The first-order chi connectivity index (χ1) is 12.8. The van der Waals surface area contributed by atoms with Crippen LogP contribution in [0.1, 0.15) is 5.56 Å². The molecule has 11 heteroatoms. The fourth-order valence-electron chi connectivity index (χ4n) is 2.81. The number of nitrogens with one attached hydrogen (secondary N) is 1. The summed E-state index contributed by atoms with van der Waals surface area (Å²) in [4.78, 5) is 10.5. The van der Waals surface area contributed by atoms with E-state index in [0.29, 0.717) is 35.1 Å². The summed E-state index contributed by atoms with van der Waals surface area (Å²) < 4.78 is 38.0. The second-order valence-corrected chi connectivity index (χ2v) is 8.73. The van der Waals surface area contributed by atoms with E-state index in [1.807, 2.05) is 12.1 Å². The number of aromatic nitrogens is 2. The van der Waals surface area contributed by atoms with Gasteiger partial charge in [-0.05, 0) is 33.6 Å². The van der Waals surface area contributed by atoms with Crippen LogP contribution in [0, 0.1) is 0 Å². The Labute approximate surface area is 170 Å². The van der Waals surface area contributed by atoms with Crippen molar-refractivity contribution < 1.29 is 17.7 Å². The summed E-state index contributed by atoms with van der Waals surface area (Å²) in [5.41, 5.74) is 0.882. The molecular weight excluding hydrogens is 460 g/mol. The van der Waals surface area contributed by atoms with Gasteiger partial charge in [-0.25, -0.2) is 4.98 Å². The standard InChI is InChI=1S/C16H18BrClN4O4S/c17-15-16(26-9-11-2-1-3-12(18)6-11)21-14(8-20-15)22-5-4-19-7-13(22)10-27(23,24)25/h1-3,6,8,13,19H,4-5,7,9-10H2,(H,23,24,25). The molecule has 0 aliphatic carbocycles. The number of halogens is 2. The fraction of sp³-hybridized carbons (Fsp3) is 0.375. The summed E-state index contributed by atoms with van der Waals surface area (Å²) >= 11 is 9.29. The van der Waals surface area contributed by atoms with Crippen molar-refractivity contribution in [2.45, 2.75) is 12.6 Å². The Kier molecular flexibility index (Phi) is 6.53. The van der Waals surface area contributed by atoms with Gasteiger partial charge in [0.1, 0.15) is 6.61 Å². The third-order valence-corrected chi connectivity index (χ3v) is 5.58. The lowest BCUT2D eigenvalue weighted by atomic mass is 10.2. The molecule has 0 radical (unpaired) electrons. The molecule has 2 heterocycles. The Morgan fingerprint density at radius 2 is 2.26 bits per heavy atom. The van der Waals surface area contributed by atoms with E-state index in [9.17, 15) is 13.0 Å². The van der Waals surface area contributed by atoms with E-state index in [4.69, 9.17) is 16.3 Å². The van der Waals surface area contributed by atoms with Crippen molar-refractivity contribution in [3.8, 4) is 5.88 Å². The molecule has 2 N–H and O–H groups in total. The molecule has 8 nitrogen and oxygen atoms in total. The van der Waals surface area contributed by atoms with Crippen molar-refractivity contribution in [3.63, 3.8) is 0 Å². The van der Waals surface area contributed by atoms with Gasteiger partial charge in [0.25, 0.3) is 10.1 Å². The van der Waals surface area contributed by atoms with Crippen LogP contribution in [0.2, 0.25) is 5.02 Å². The van der Waals surface area contributed by atoms with Crippen LogP contribution in [-0.2, 0) is 16.7 Å². The van der Waals surface area contributed by atoms with E-state index in [2.05, 4.69) is 31.2 Å². The van der Waals surface area contributed by atoms with E-state index in [0.717, 1.165) is 5.56 Å². The van der Waals surface area contributed by atoms with Crippen LogP contribution in [0.3, 0.4) is 0 Å². The minimum atomic E-state index is -4.12. The quantitative estimate of drug-likeness (QED) is 0.610. The van der Waals surface area contributed by atoms with Crippen molar-refractivity contribution in [1.29, 1.82) is 0 Å². The molecule has 1 aromatic heterocycles. The van der Waals surface area contributed by atoms with Crippen LogP contribution in [0.4, 0.5) is 5.82 Å². The Hall–Kier alpha value is -1.46. The maximum absolute atomic E-state index is 11.3. The molecule has 0 bridgehead atoms. The van der Waals surface area contributed by atoms with Crippen LogP contribution in [-0.4, -0.2) is 54.4 Å². The minimum Gasteiger partial charge on any atom is -0.471 e. The molecule has 1 aromatic carbocycles. The number of piperazine rings is 1. The molecule has 2 aromatic rings. The fourth-order valence-corrected chi connectivity index (χ4v) is 4.11. The highest BCUT2D eigenvalue weighted by Crippen LogP contribution is 2.26. The second kappa shape index (κ2) is 8.70. The topological polar surface area (TPSA) is 105 Å². The van der Waals surface area contributed by atoms with Gasteiger partial charge in [-0.15, -0.1) is 0 Å². The predicted octanol–water partition coefficient (Wildman–Crippen LogP) is 2.14. The van der Waals surface area contributed by atoms with Crippen molar-refractivity contribution in [3.05, 3.63) is 45.7 Å². The Morgan fingerprint density at radius 3 is 3.00 bits per heavy atom. The zero-order valence-electron chi connectivity index (χ0n) is 14.2. The van der Waals surface area contributed by atoms with E-state index in [1.165, 1.54) is 0 Å². The molecule has 3 rings (SSSR count). The van der Waals surface area contributed by atoms with Crippen LogP contribution >= 0.6 is 27.5 Å². The number of anilines is 1. The molecule has 0 saturated carbocycles. The number of rotatable bonds is 6. The van der Waals surface area contributed by atoms with Gasteiger partial charge >= 0.3 is 0 Å². The van der Waals surface area contributed by atoms with Crippen molar-refractivity contribution >= 4 is 43.5 Å². The van der Waals surface area contributed by atoms with E-state index >= 15 is 0 Å². The molecule has 1 unspecified atom stereocenters. The molecular formula is C16H18BrClN4O4S. The zero-order chi connectivity index (χ0) is 19.4. The average molecular weight is 478 g/mol. The Bertz CT molecular complexity index is 915. The third kappa shape index (κ3) is 5.76. The summed E-state index contributed by atoms with van der Waals surface area (Å²) in [6.07, 6.45) is 1.54.